The van der Waals surface area contributed by atoms with Crippen molar-refractivity contribution in [2.24, 2.45) is 0 Å². The lowest BCUT2D eigenvalue weighted by molar-refractivity contribution is 0.242. The summed E-state index contributed by atoms with van der Waals surface area (Å²) in [6, 6.07) is 13.6. The van der Waals surface area contributed by atoms with Crippen LogP contribution >= 0.6 is 0 Å². The molecule has 0 unspecified atom stereocenters. The van der Waals surface area contributed by atoms with Crippen molar-refractivity contribution in [1.82, 2.24) is 4.98 Å². The predicted molar refractivity (Wildman–Crippen MR) is 78.5 cm³/mol. The molecule has 1 aromatic carbocycles. The van der Waals surface area contributed by atoms with Gasteiger partial charge in [-0.3, -0.25) is 0 Å². The first kappa shape index (κ1) is 13.9. The van der Waals surface area contributed by atoms with E-state index in [2.05, 4.69) is 10.3 Å². The van der Waals surface area contributed by atoms with E-state index in [1.807, 2.05) is 44.2 Å². The maximum Gasteiger partial charge on any atom is 0.126 e. The quantitative estimate of drug-likeness (QED) is 0.902. The Morgan fingerprint density at radius 2 is 1.95 bits per heavy atom. The summed E-state index contributed by atoms with van der Waals surface area (Å²) in [4.78, 5) is 4.16. The molecule has 0 saturated carbocycles. The fourth-order valence-corrected chi connectivity index (χ4v) is 1.72. The van der Waals surface area contributed by atoms with Gasteiger partial charge in [-0.2, -0.15) is 5.26 Å². The molecule has 0 radical (unpaired) electrons. The first-order valence-corrected chi connectivity index (χ1v) is 6.53. The van der Waals surface area contributed by atoms with Gasteiger partial charge in [-0.1, -0.05) is 12.1 Å². The molecule has 1 aromatic heterocycles. The van der Waals surface area contributed by atoms with Gasteiger partial charge in [0.05, 0.1) is 11.7 Å². The summed E-state index contributed by atoms with van der Waals surface area (Å²) in [6.45, 7) is 4.69. The Labute approximate surface area is 119 Å². The van der Waals surface area contributed by atoms with E-state index in [0.29, 0.717) is 12.1 Å². The molecule has 0 spiro atoms. The Morgan fingerprint density at radius 1 is 1.20 bits per heavy atom. The molecule has 0 saturated heterocycles. The Hall–Kier alpha value is -2.54. The molecule has 0 fully saturated rings. The lowest BCUT2D eigenvalue weighted by atomic mass is 10.2. The fraction of sp³-hybridized carbons (Fsp3) is 0.250. The zero-order valence-corrected chi connectivity index (χ0v) is 11.6. The number of pyridine rings is 1. The third-order valence-electron chi connectivity index (χ3n) is 2.66. The maximum absolute atomic E-state index is 8.70. The number of nitrogens with one attached hydrogen (secondary N) is 1. The van der Waals surface area contributed by atoms with Crippen molar-refractivity contribution in [3.05, 3.63) is 53.7 Å². The number of aromatic nitrogens is 1. The number of anilines is 1. The third-order valence-corrected chi connectivity index (χ3v) is 2.66. The number of hydrogen-bond acceptors (Lipinski definition) is 4. The van der Waals surface area contributed by atoms with E-state index in [1.54, 1.807) is 18.3 Å². The number of benzene rings is 1. The van der Waals surface area contributed by atoms with E-state index >= 15 is 0 Å². The van der Waals surface area contributed by atoms with Crippen LogP contribution < -0.4 is 10.1 Å². The summed E-state index contributed by atoms with van der Waals surface area (Å²) < 4.78 is 5.59. The van der Waals surface area contributed by atoms with Crippen LogP contribution in [-0.2, 0) is 6.54 Å². The van der Waals surface area contributed by atoms with Crippen LogP contribution in [0, 0.1) is 11.3 Å². The number of hydrogen-bond donors (Lipinski definition) is 1. The zero-order chi connectivity index (χ0) is 14.4. The second-order valence-corrected chi connectivity index (χ2v) is 4.71. The van der Waals surface area contributed by atoms with Crippen molar-refractivity contribution in [1.29, 1.82) is 5.26 Å². The molecule has 4 heteroatoms. The van der Waals surface area contributed by atoms with Gasteiger partial charge in [0.25, 0.3) is 0 Å². The minimum absolute atomic E-state index is 0.182. The largest absolute Gasteiger partial charge is 0.491 e. The van der Waals surface area contributed by atoms with Gasteiger partial charge in [0.2, 0.25) is 0 Å². The van der Waals surface area contributed by atoms with Crippen molar-refractivity contribution in [3.63, 3.8) is 0 Å². The number of nitriles is 1. The number of rotatable bonds is 5. The van der Waals surface area contributed by atoms with Crippen LogP contribution in [0.15, 0.2) is 42.6 Å². The van der Waals surface area contributed by atoms with Gasteiger partial charge in [-0.05, 0) is 43.7 Å². The molecule has 1 heterocycles. The summed E-state index contributed by atoms with van der Waals surface area (Å²) >= 11 is 0. The van der Waals surface area contributed by atoms with Gasteiger partial charge in [-0.25, -0.2) is 4.98 Å². The van der Waals surface area contributed by atoms with Crippen LogP contribution in [0.3, 0.4) is 0 Å². The topological polar surface area (TPSA) is 57.9 Å². The molecular formula is C16H17N3O. The van der Waals surface area contributed by atoms with E-state index in [-0.39, 0.29) is 6.10 Å². The van der Waals surface area contributed by atoms with Gasteiger partial charge < -0.3 is 10.1 Å². The third kappa shape index (κ3) is 3.99. The summed E-state index contributed by atoms with van der Waals surface area (Å²) in [5, 5.41) is 11.9. The average Bonchev–Trinajstić information content (AvgIpc) is 2.46. The molecule has 2 rings (SSSR count). The lowest BCUT2D eigenvalue weighted by Crippen LogP contribution is -2.06. The highest BCUT2D eigenvalue weighted by molar-refractivity contribution is 5.40. The number of ether oxygens (including phenoxy) is 1. The standard InChI is InChI=1S/C16H17N3O/c1-12(2)20-15-6-3-13(4-7-15)10-18-16-8-5-14(9-17)11-19-16/h3-8,11-12H,10H2,1-2H3,(H,18,19). The minimum atomic E-state index is 0.182. The normalized spacial score (nSPS) is 10.1. The lowest BCUT2D eigenvalue weighted by Gasteiger charge is -2.10. The maximum atomic E-state index is 8.70. The second-order valence-electron chi connectivity index (χ2n) is 4.71. The molecule has 0 atom stereocenters. The van der Waals surface area contributed by atoms with E-state index in [4.69, 9.17) is 10.00 Å². The van der Waals surface area contributed by atoms with Crippen LogP contribution in [0.4, 0.5) is 5.82 Å². The van der Waals surface area contributed by atoms with Crippen LogP contribution in [0.1, 0.15) is 25.0 Å². The predicted octanol–water partition coefficient (Wildman–Crippen LogP) is 3.35. The SMILES string of the molecule is CC(C)Oc1ccc(CNc2ccc(C#N)cn2)cc1. The first-order chi connectivity index (χ1) is 9.67. The molecule has 0 aliphatic heterocycles. The Bertz CT molecular complexity index is 583. The Kier molecular flexibility index (Phi) is 4.56. The van der Waals surface area contributed by atoms with E-state index < -0.39 is 0 Å². The smallest absolute Gasteiger partial charge is 0.126 e. The summed E-state index contributed by atoms with van der Waals surface area (Å²) in [6.07, 6.45) is 1.74. The Balaban J connectivity index is 1.91. The van der Waals surface area contributed by atoms with Crippen molar-refractivity contribution in [2.45, 2.75) is 26.5 Å². The van der Waals surface area contributed by atoms with Crippen LogP contribution in [0.2, 0.25) is 0 Å². The summed E-state index contributed by atoms with van der Waals surface area (Å²) in [5.41, 5.74) is 1.71. The molecular weight excluding hydrogens is 250 g/mol. The molecule has 2 aromatic rings. The minimum Gasteiger partial charge on any atom is -0.491 e. The molecule has 4 nitrogen and oxygen atoms in total. The number of nitrogens with zero attached hydrogens (tertiary/aromatic N) is 2. The molecule has 0 bridgehead atoms. The first-order valence-electron chi connectivity index (χ1n) is 6.53. The van der Waals surface area contributed by atoms with Crippen molar-refractivity contribution < 1.29 is 4.74 Å². The molecule has 20 heavy (non-hydrogen) atoms. The molecule has 102 valence electrons. The summed E-state index contributed by atoms with van der Waals surface area (Å²) in [7, 11) is 0. The fourth-order valence-electron chi connectivity index (χ4n) is 1.72. The highest BCUT2D eigenvalue weighted by Gasteiger charge is 1.99. The molecule has 0 aliphatic carbocycles. The van der Waals surface area contributed by atoms with E-state index in [0.717, 1.165) is 17.1 Å². The van der Waals surface area contributed by atoms with Gasteiger partial charge in [0.1, 0.15) is 17.6 Å². The van der Waals surface area contributed by atoms with Gasteiger partial charge in [-0.15, -0.1) is 0 Å². The van der Waals surface area contributed by atoms with Crippen molar-refractivity contribution in [3.8, 4) is 11.8 Å². The highest BCUT2D eigenvalue weighted by atomic mass is 16.5. The van der Waals surface area contributed by atoms with Crippen LogP contribution in [-0.4, -0.2) is 11.1 Å². The van der Waals surface area contributed by atoms with E-state index in [9.17, 15) is 0 Å². The molecule has 0 amide bonds. The van der Waals surface area contributed by atoms with Crippen LogP contribution in [0.25, 0.3) is 0 Å². The molecule has 0 aliphatic rings. The van der Waals surface area contributed by atoms with Gasteiger partial charge in [0.15, 0.2) is 0 Å². The monoisotopic (exact) mass is 267 g/mol. The second kappa shape index (κ2) is 6.58. The van der Waals surface area contributed by atoms with Crippen molar-refractivity contribution in [2.75, 3.05) is 5.32 Å². The van der Waals surface area contributed by atoms with Gasteiger partial charge >= 0.3 is 0 Å². The van der Waals surface area contributed by atoms with E-state index in [1.165, 1.54) is 0 Å². The molecule has 1 N–H and O–H groups in total. The summed E-state index contributed by atoms with van der Waals surface area (Å²) in [5.74, 6) is 1.63. The van der Waals surface area contributed by atoms with Crippen molar-refractivity contribution >= 4 is 5.82 Å². The van der Waals surface area contributed by atoms with Gasteiger partial charge in [0, 0.05) is 12.7 Å². The average molecular weight is 267 g/mol. The highest BCUT2D eigenvalue weighted by Crippen LogP contribution is 2.14. The zero-order valence-electron chi connectivity index (χ0n) is 11.6. The Morgan fingerprint density at radius 3 is 2.50 bits per heavy atom. The van der Waals surface area contributed by atoms with Crippen LogP contribution in [0.5, 0.6) is 5.75 Å².